The topological polar surface area (TPSA) is 378 Å². The molecule has 3 unspecified atom stereocenters. The van der Waals surface area contributed by atoms with Crippen LogP contribution in [0.2, 0.25) is 0 Å². The minimum absolute atomic E-state index is 0.0163. The van der Waals surface area contributed by atoms with Gasteiger partial charge >= 0.3 is 12.1 Å². The third kappa shape index (κ3) is 28.3. The minimum Gasteiger partial charge on any atom is -0.481 e. The number of benzene rings is 2. The molecule has 0 aliphatic carbocycles. The molecule has 2 aliphatic heterocycles. The number of carboxylic acid groups (broad SMARTS) is 1. The fourth-order valence-corrected chi connectivity index (χ4v) is 17.7. The van der Waals surface area contributed by atoms with Gasteiger partial charge in [0.1, 0.15) is 36.8 Å². The van der Waals surface area contributed by atoms with Gasteiger partial charge in [-0.2, -0.15) is 0 Å². The van der Waals surface area contributed by atoms with E-state index in [2.05, 4.69) is 82.2 Å². The summed E-state index contributed by atoms with van der Waals surface area (Å²) in [6.45, 7) is 23.3. The van der Waals surface area contributed by atoms with Crippen LogP contribution in [0.4, 0.5) is 10.5 Å². The third-order valence-corrected chi connectivity index (χ3v) is 24.4. The molecule has 0 spiro atoms. The van der Waals surface area contributed by atoms with Crippen molar-refractivity contribution in [3.63, 3.8) is 0 Å². The molecule has 2 saturated heterocycles. The second-order valence-electron chi connectivity index (χ2n) is 30.4. The number of aliphatic hydroxyl groups excluding tert-OH is 2. The highest BCUT2D eigenvalue weighted by molar-refractivity contribution is 14.1. The molecule has 2 fully saturated rings. The Morgan fingerprint density at radius 1 is 0.700 bits per heavy atom. The highest BCUT2D eigenvalue weighted by Gasteiger charge is 2.46. The quantitative estimate of drug-likeness (QED) is 0.0129. The van der Waals surface area contributed by atoms with Crippen molar-refractivity contribution in [2.75, 3.05) is 53.3 Å². The number of alkyl halides is 1. The van der Waals surface area contributed by atoms with Crippen LogP contribution in [0.3, 0.4) is 0 Å². The fraction of sp³-hybridized carbons (Fsp3) is 0.700. The number of carboxylic acids is 1. The molecule has 16 atom stereocenters. The number of amides is 11. The highest BCUT2D eigenvalue weighted by Crippen LogP contribution is 2.47. The number of ether oxygens (including phenoxy) is 3. The van der Waals surface area contributed by atoms with Gasteiger partial charge in [-0.25, -0.2) is 4.79 Å². The van der Waals surface area contributed by atoms with Crippen molar-refractivity contribution in [2.45, 2.75) is 286 Å². The molecule has 4 rings (SSSR count). The molecule has 2 aromatic carbocycles. The van der Waals surface area contributed by atoms with E-state index in [4.69, 9.17) is 14.2 Å². The van der Waals surface area contributed by atoms with Crippen molar-refractivity contribution in [1.29, 1.82) is 0 Å². The average molecular weight is 1680 g/mol. The van der Waals surface area contributed by atoms with E-state index in [-0.39, 0.29) is 52.2 Å². The number of anilines is 1. The largest absolute Gasteiger partial charge is 0.481 e. The molecule has 11 amide bonds. The zero-order chi connectivity index (χ0) is 82.4. The van der Waals surface area contributed by atoms with Crippen molar-refractivity contribution in [3.05, 3.63) is 65.2 Å². The molecule has 618 valence electrons. The number of nitrogens with one attached hydrogen (secondary N) is 6. The lowest BCUT2D eigenvalue weighted by molar-refractivity contribution is -0.148. The first-order chi connectivity index (χ1) is 52.0. The first kappa shape index (κ1) is 95.4. The Morgan fingerprint density at radius 3 is 1.91 bits per heavy atom. The number of likely N-dealkylation sites (tertiary alicyclic amines) is 2. The Labute approximate surface area is 669 Å². The van der Waals surface area contributed by atoms with Gasteiger partial charge in [0.2, 0.25) is 59.1 Å². The highest BCUT2D eigenvalue weighted by atomic mass is 127. The number of carbonyl (C=O) groups is 12. The van der Waals surface area contributed by atoms with Crippen LogP contribution in [-0.4, -0.2) is 223 Å². The number of methoxy groups -OCH3 is 2. The molecule has 2 aromatic rings. The number of hydrogen-bond donors (Lipinski definition) is 9. The normalized spacial score (nSPS) is 18.6. The van der Waals surface area contributed by atoms with E-state index in [9.17, 15) is 72.9 Å². The van der Waals surface area contributed by atoms with Crippen molar-refractivity contribution in [3.8, 4) is 0 Å². The van der Waals surface area contributed by atoms with Gasteiger partial charge in [-0.3, -0.25) is 62.5 Å². The van der Waals surface area contributed by atoms with E-state index in [1.165, 1.54) is 64.1 Å². The second-order valence-corrected chi connectivity index (χ2v) is 34.8. The predicted molar refractivity (Wildman–Crippen MR) is 430 cm³/mol. The van der Waals surface area contributed by atoms with Crippen LogP contribution in [0.1, 0.15) is 228 Å². The SMILES string of the molecule is CCCCCC(C)c1ccc([C@H](O)[C@@H](C)NC(=O)[C@H](C)[C@@H](OC)[C@@H]2CCCN2C(=O)C[C@@H](OC)[C@H]([C@@H](C)CC)N(C)C(=O)[C@@H](NC(=O)[C@H](C(C)C)N(C)C(=O)OCc2ccc(NC(=O)[C@H](C)NC(=O)[C@H](CO)NC(=O)[C@H](CCC(=O)O)NC(=O)CCN3C(=O)CC(SC(I)(CCC)CCCC)C3=O)cc2)C(C)C)cc1. The van der Waals surface area contributed by atoms with E-state index in [1.807, 2.05) is 38.1 Å². The Balaban J connectivity index is 1.33. The van der Waals surface area contributed by atoms with E-state index < -0.39 is 175 Å². The van der Waals surface area contributed by atoms with Crippen LogP contribution in [0.15, 0.2) is 48.5 Å². The number of aliphatic carboxylic acids is 1. The number of nitrogens with zero attached hydrogens (tertiary/aromatic N) is 4. The first-order valence-corrected chi connectivity index (χ1v) is 41.2. The molecular formula is C80H127IN10O18S. The van der Waals surface area contributed by atoms with Gasteiger partial charge in [0.05, 0.1) is 63.4 Å². The number of aliphatic hydroxyl groups is 2. The first-order valence-electron chi connectivity index (χ1n) is 39.2. The maximum absolute atomic E-state index is 14.9. The van der Waals surface area contributed by atoms with E-state index >= 15 is 0 Å². The van der Waals surface area contributed by atoms with Gasteiger partial charge in [-0.1, -0.05) is 180 Å². The molecule has 110 heavy (non-hydrogen) atoms. The zero-order valence-corrected chi connectivity index (χ0v) is 70.8. The summed E-state index contributed by atoms with van der Waals surface area (Å²) in [6.07, 6.45) is 6.18. The smallest absolute Gasteiger partial charge is 0.410 e. The van der Waals surface area contributed by atoms with Gasteiger partial charge < -0.3 is 71.2 Å². The van der Waals surface area contributed by atoms with E-state index in [0.717, 1.165) is 61.2 Å². The van der Waals surface area contributed by atoms with Gasteiger partial charge in [-0.15, -0.1) is 11.8 Å². The fourth-order valence-electron chi connectivity index (χ4n) is 14.3. The summed E-state index contributed by atoms with van der Waals surface area (Å²) in [5.74, 6) is -8.67. The molecule has 2 aliphatic rings. The molecular weight excluding hydrogens is 1550 g/mol. The van der Waals surface area contributed by atoms with Crippen LogP contribution in [0, 0.1) is 23.7 Å². The lowest BCUT2D eigenvalue weighted by Gasteiger charge is -2.41. The van der Waals surface area contributed by atoms with Gasteiger partial charge in [0.25, 0.3) is 0 Å². The summed E-state index contributed by atoms with van der Waals surface area (Å²) in [5.41, 5.74) is 2.65. The summed E-state index contributed by atoms with van der Waals surface area (Å²) in [5, 5.41) is 46.1. The number of carbonyl (C=O) groups excluding carboxylic acids is 11. The zero-order valence-electron chi connectivity index (χ0n) is 67.8. The molecule has 2 heterocycles. The summed E-state index contributed by atoms with van der Waals surface area (Å²) in [7, 11) is 6.06. The van der Waals surface area contributed by atoms with Crippen molar-refractivity contribution < 1.29 is 87.1 Å². The number of imide groups is 1. The van der Waals surface area contributed by atoms with Gasteiger partial charge in [-0.05, 0) is 105 Å². The summed E-state index contributed by atoms with van der Waals surface area (Å²) in [4.78, 5) is 169. The molecule has 28 nitrogen and oxygen atoms in total. The Bertz CT molecular complexity index is 3350. The lowest BCUT2D eigenvalue weighted by atomic mass is 9.89. The van der Waals surface area contributed by atoms with E-state index in [1.54, 1.807) is 70.5 Å². The van der Waals surface area contributed by atoms with Crippen molar-refractivity contribution >= 4 is 111 Å². The molecule has 0 saturated carbocycles. The maximum Gasteiger partial charge on any atom is 0.410 e. The minimum atomic E-state index is -1.66. The molecule has 0 bridgehead atoms. The Kier molecular flexibility index (Phi) is 40.6. The summed E-state index contributed by atoms with van der Waals surface area (Å²) in [6, 6.07) is 5.72. The number of likely N-dealkylation sites (N-methyl/N-ethyl adjacent to an activating group) is 2. The Morgan fingerprint density at radius 2 is 1.34 bits per heavy atom. The van der Waals surface area contributed by atoms with Gasteiger partial charge in [0.15, 0.2) is 0 Å². The molecule has 30 heteroatoms. The Hall–Kier alpha value is -7.00. The van der Waals surface area contributed by atoms with Crippen LogP contribution < -0.4 is 31.9 Å². The number of hydrogen-bond acceptors (Lipinski definition) is 18. The summed E-state index contributed by atoms with van der Waals surface area (Å²) >= 11 is 3.84. The number of thioether (sulfide) groups is 1. The van der Waals surface area contributed by atoms with E-state index in [0.29, 0.717) is 42.9 Å². The maximum atomic E-state index is 14.9. The standard InChI is InChI=1S/C80H127IN10O18S/c1-18-22-24-26-50(10)55-30-32-56(33-31-55)70(98)52(12)82-72(99)51(11)71(108-17)60-27-25-41-90(60)64(94)43-61(107-16)69(49(9)21-4)88(14)78(105)67(47(5)6)87-76(103)68(48(7)8)89(15)79(106)109-46-54-28-34-57(35-29-54)84-73(100)53(13)83-75(102)59(45-92)86-74(101)58(36-37-66(96)97)85-63(93)38-42-91-65(95)44-62(77(91)104)110-80(81,39-20-3)40-23-19-2/h28-35,47-53,58-62,67-71,92,98H,18-27,36-46H2,1-17H3,(H,82,99)(H,83,102)(H,84,100)(H,85,93)(H,86,101)(H,87,103)(H,96,97)/t49-,50?,51+,52+,53-,58-,59-,60-,61+,62?,67-,68-,69-,70+,71+,80?/m0/s1. The van der Waals surface area contributed by atoms with Crippen LogP contribution in [0.25, 0.3) is 0 Å². The lowest BCUT2D eigenvalue weighted by Crippen LogP contribution is -2.60. The monoisotopic (exact) mass is 1670 g/mol. The second kappa shape index (κ2) is 46.9. The number of rotatable bonds is 48. The third-order valence-electron chi connectivity index (χ3n) is 21.1. The molecule has 9 N–H and O–H groups in total. The average Bonchev–Trinajstić information content (AvgIpc) is 1.39. The summed E-state index contributed by atoms with van der Waals surface area (Å²) < 4.78 is 17.6. The molecule has 0 radical (unpaired) electrons. The predicted octanol–water partition coefficient (Wildman–Crippen LogP) is 8.91. The number of unbranched alkanes of at least 4 members (excludes halogenated alkanes) is 3. The van der Waals surface area contributed by atoms with Crippen LogP contribution >= 0.6 is 34.4 Å². The number of halogens is 1. The van der Waals surface area contributed by atoms with Crippen LogP contribution in [-0.2, 0) is 73.6 Å². The van der Waals surface area contributed by atoms with Gasteiger partial charge in [0, 0.05) is 66.4 Å². The van der Waals surface area contributed by atoms with Crippen molar-refractivity contribution in [2.24, 2.45) is 23.7 Å². The van der Waals surface area contributed by atoms with Crippen LogP contribution in [0.5, 0.6) is 0 Å². The van der Waals surface area contributed by atoms with Crippen molar-refractivity contribution in [1.82, 2.24) is 46.2 Å². The molecule has 0 aromatic heterocycles.